The molecule has 178 valence electrons. The summed E-state index contributed by atoms with van der Waals surface area (Å²) in [4.78, 5) is 33.2. The number of rotatable bonds is 8. The highest BCUT2D eigenvalue weighted by atomic mass is 16.4. The highest BCUT2D eigenvalue weighted by Gasteiger charge is 2.20. The van der Waals surface area contributed by atoms with E-state index in [1.54, 1.807) is 12.1 Å². The van der Waals surface area contributed by atoms with Gasteiger partial charge < -0.3 is 15.2 Å². The van der Waals surface area contributed by atoms with E-state index in [1.807, 2.05) is 74.4 Å². The maximum absolute atomic E-state index is 13.1. The van der Waals surface area contributed by atoms with Crippen molar-refractivity contribution in [3.05, 3.63) is 118 Å². The Kier molecular flexibility index (Phi) is 8.90. The van der Waals surface area contributed by atoms with Gasteiger partial charge in [0.2, 0.25) is 0 Å². The predicted octanol–water partition coefficient (Wildman–Crippen LogP) is 5.42. The molecule has 1 amide bonds. The summed E-state index contributed by atoms with van der Waals surface area (Å²) in [7, 11) is 0. The van der Waals surface area contributed by atoms with E-state index in [-0.39, 0.29) is 11.5 Å². The molecule has 0 fully saturated rings. The second kappa shape index (κ2) is 12.3. The number of carbonyl (C=O) groups excluding carboxylic acids is 2. The molecule has 0 saturated carbocycles. The van der Waals surface area contributed by atoms with Crippen molar-refractivity contribution < 1.29 is 19.5 Å². The number of aromatic carboxylic acids is 1. The van der Waals surface area contributed by atoms with Crippen molar-refractivity contribution in [2.45, 2.75) is 26.2 Å². The Morgan fingerprint density at radius 3 is 1.89 bits per heavy atom. The Morgan fingerprint density at radius 2 is 1.29 bits per heavy atom. The largest absolute Gasteiger partial charge is 0.478 e. The minimum absolute atomic E-state index is 0.158. The molecule has 4 aromatic rings. The van der Waals surface area contributed by atoms with Crippen LogP contribution in [0, 0.1) is 6.92 Å². The van der Waals surface area contributed by atoms with Gasteiger partial charge in [0.25, 0.3) is 5.91 Å². The van der Waals surface area contributed by atoms with Crippen LogP contribution in [0.25, 0.3) is 10.8 Å². The van der Waals surface area contributed by atoms with E-state index in [2.05, 4.69) is 17.4 Å². The molecule has 4 rings (SSSR count). The van der Waals surface area contributed by atoms with Gasteiger partial charge in [-0.25, -0.2) is 4.79 Å². The first-order valence-electron chi connectivity index (χ1n) is 11.5. The summed E-state index contributed by atoms with van der Waals surface area (Å²) in [6, 6.07) is 27.3. The van der Waals surface area contributed by atoms with E-state index in [4.69, 9.17) is 4.79 Å². The molecule has 4 aromatic carbocycles. The first-order chi connectivity index (χ1) is 17.0. The van der Waals surface area contributed by atoms with Crippen LogP contribution >= 0.6 is 0 Å². The number of hydrogen-bond donors (Lipinski definition) is 2. The summed E-state index contributed by atoms with van der Waals surface area (Å²) < 4.78 is 0. The number of benzene rings is 4. The summed E-state index contributed by atoms with van der Waals surface area (Å²) in [5.41, 5.74) is 4.95. The molecule has 0 aromatic heterocycles. The number of carbonyl (C=O) groups is 3. The number of hydrogen-bond acceptors (Lipinski definition) is 3. The summed E-state index contributed by atoms with van der Waals surface area (Å²) in [5, 5.41) is 14.2. The normalized spacial score (nSPS) is 10.3. The Balaban J connectivity index is 0.00000167. The van der Waals surface area contributed by atoms with Crippen LogP contribution in [-0.4, -0.2) is 30.3 Å². The molecule has 5 heteroatoms. The van der Waals surface area contributed by atoms with Crippen LogP contribution in [0.4, 0.5) is 0 Å². The fourth-order valence-electron chi connectivity index (χ4n) is 4.31. The molecule has 0 atom stereocenters. The Hall–Kier alpha value is -4.25. The highest BCUT2D eigenvalue weighted by molar-refractivity contribution is 6.15. The second-order valence-corrected chi connectivity index (χ2v) is 8.23. The average molecular weight is 468 g/mol. The van der Waals surface area contributed by atoms with Gasteiger partial charge in [0.1, 0.15) is 6.79 Å². The Bertz CT molecular complexity index is 1300. The minimum Gasteiger partial charge on any atom is -0.478 e. The molecule has 0 radical (unpaired) electrons. The Morgan fingerprint density at radius 1 is 0.714 bits per heavy atom. The van der Waals surface area contributed by atoms with E-state index in [1.165, 1.54) is 5.56 Å². The molecular formula is C30H29NO4. The zero-order valence-corrected chi connectivity index (χ0v) is 19.8. The first kappa shape index (κ1) is 25.4. The van der Waals surface area contributed by atoms with Crippen LogP contribution in [0.2, 0.25) is 0 Å². The molecule has 5 nitrogen and oxygen atoms in total. The number of fused-ring (bicyclic) bond motifs is 1. The highest BCUT2D eigenvalue weighted by Crippen LogP contribution is 2.30. The number of carboxylic acids is 1. The maximum atomic E-state index is 13.1. The van der Waals surface area contributed by atoms with E-state index >= 15 is 0 Å². The topological polar surface area (TPSA) is 83.5 Å². The lowest BCUT2D eigenvalue weighted by atomic mass is 9.89. The third kappa shape index (κ3) is 6.21. The fourth-order valence-corrected chi connectivity index (χ4v) is 4.31. The van der Waals surface area contributed by atoms with E-state index in [0.29, 0.717) is 23.9 Å². The van der Waals surface area contributed by atoms with Gasteiger partial charge in [0.15, 0.2) is 0 Å². The summed E-state index contributed by atoms with van der Waals surface area (Å²) in [6.07, 6.45) is 2.32. The second-order valence-electron chi connectivity index (χ2n) is 8.23. The molecule has 0 aliphatic heterocycles. The molecule has 0 unspecified atom stereocenters. The molecule has 0 aliphatic rings. The van der Waals surface area contributed by atoms with Crippen molar-refractivity contribution in [2.75, 3.05) is 6.54 Å². The van der Waals surface area contributed by atoms with Crippen LogP contribution in [-0.2, 0) is 24.1 Å². The van der Waals surface area contributed by atoms with Crippen LogP contribution < -0.4 is 5.32 Å². The lowest BCUT2D eigenvalue weighted by molar-refractivity contribution is -0.0980. The SMILES string of the molecule is C=O.Cc1ccc(C(=O)NCCc2ccccc2)c2c(C(=O)O)ccc(CCc3ccccc3)c12. The van der Waals surface area contributed by atoms with Crippen molar-refractivity contribution in [2.24, 2.45) is 0 Å². The first-order valence-corrected chi connectivity index (χ1v) is 11.5. The number of nitrogens with one attached hydrogen (secondary N) is 1. The standard InChI is InChI=1S/C29H27NO3.CH2O/c1-20-12-16-24(28(31)30-19-18-22-10-6-3-7-11-22)27-25(29(32)33)17-15-23(26(20)27)14-13-21-8-4-2-5-9-21;1-2/h2-12,15-17H,13-14,18-19H2,1H3,(H,30,31)(H,32,33);1H2. The van der Waals surface area contributed by atoms with Crippen LogP contribution in [0.5, 0.6) is 0 Å². The zero-order valence-electron chi connectivity index (χ0n) is 19.8. The molecule has 0 spiro atoms. The maximum Gasteiger partial charge on any atom is 0.336 e. The van der Waals surface area contributed by atoms with Gasteiger partial charge in [-0.3, -0.25) is 4.79 Å². The molecule has 0 heterocycles. The van der Waals surface area contributed by atoms with Crippen molar-refractivity contribution in [3.8, 4) is 0 Å². The van der Waals surface area contributed by atoms with Gasteiger partial charge in [-0.2, -0.15) is 0 Å². The zero-order chi connectivity index (χ0) is 25.2. The minimum atomic E-state index is -1.03. The number of carboxylic acid groups (broad SMARTS) is 1. The van der Waals surface area contributed by atoms with E-state index in [0.717, 1.165) is 34.9 Å². The Labute approximate surface area is 205 Å². The van der Waals surface area contributed by atoms with Gasteiger partial charge in [-0.15, -0.1) is 0 Å². The molecule has 35 heavy (non-hydrogen) atoms. The quantitative estimate of drug-likeness (QED) is 0.362. The third-order valence-corrected chi connectivity index (χ3v) is 6.00. The van der Waals surface area contributed by atoms with Gasteiger partial charge in [-0.1, -0.05) is 72.8 Å². The fraction of sp³-hybridized carbons (Fsp3) is 0.167. The average Bonchev–Trinajstić information content (AvgIpc) is 2.89. The van der Waals surface area contributed by atoms with Gasteiger partial charge in [0, 0.05) is 17.5 Å². The summed E-state index contributed by atoms with van der Waals surface area (Å²) in [5.74, 6) is -1.28. The lowest BCUT2D eigenvalue weighted by Gasteiger charge is -2.16. The van der Waals surface area contributed by atoms with Crippen molar-refractivity contribution in [1.29, 1.82) is 0 Å². The van der Waals surface area contributed by atoms with Gasteiger partial charge in [-0.05, 0) is 66.0 Å². The van der Waals surface area contributed by atoms with Crippen molar-refractivity contribution >= 4 is 29.4 Å². The smallest absolute Gasteiger partial charge is 0.336 e. The molecular weight excluding hydrogens is 438 g/mol. The molecule has 2 N–H and O–H groups in total. The van der Waals surface area contributed by atoms with Crippen molar-refractivity contribution in [1.82, 2.24) is 5.32 Å². The van der Waals surface area contributed by atoms with Gasteiger partial charge in [0.05, 0.1) is 5.56 Å². The number of aryl methyl sites for hydroxylation is 3. The van der Waals surface area contributed by atoms with Crippen LogP contribution in [0.3, 0.4) is 0 Å². The van der Waals surface area contributed by atoms with Crippen molar-refractivity contribution in [3.63, 3.8) is 0 Å². The number of amides is 1. The summed E-state index contributed by atoms with van der Waals surface area (Å²) in [6.45, 7) is 4.45. The molecule has 0 saturated heterocycles. The molecule has 0 aliphatic carbocycles. The van der Waals surface area contributed by atoms with E-state index < -0.39 is 5.97 Å². The van der Waals surface area contributed by atoms with Gasteiger partial charge >= 0.3 is 5.97 Å². The van der Waals surface area contributed by atoms with Crippen LogP contribution in [0.1, 0.15) is 43.0 Å². The van der Waals surface area contributed by atoms with E-state index in [9.17, 15) is 14.7 Å². The molecule has 0 bridgehead atoms. The predicted molar refractivity (Wildman–Crippen MR) is 139 cm³/mol. The van der Waals surface area contributed by atoms with Crippen LogP contribution in [0.15, 0.2) is 84.9 Å². The third-order valence-electron chi connectivity index (χ3n) is 6.00. The summed E-state index contributed by atoms with van der Waals surface area (Å²) >= 11 is 0. The monoisotopic (exact) mass is 467 g/mol. The lowest BCUT2D eigenvalue weighted by Crippen LogP contribution is -2.26.